The summed E-state index contributed by atoms with van der Waals surface area (Å²) in [5.74, 6) is -37.2. The Morgan fingerprint density at radius 3 is 0.765 bits per heavy atom. The van der Waals surface area contributed by atoms with Crippen molar-refractivity contribution in [1.29, 1.82) is 0 Å². The van der Waals surface area contributed by atoms with Crippen LogP contribution in [0.15, 0.2) is 48.2 Å². The van der Waals surface area contributed by atoms with Crippen LogP contribution >= 0.6 is 0 Å². The van der Waals surface area contributed by atoms with Gasteiger partial charge < -0.3 is 40.9 Å². The summed E-state index contributed by atoms with van der Waals surface area (Å²) in [6, 6.07) is -11.0. The molecular formula is C66H57F39O8Si2. The highest BCUT2D eigenvalue weighted by Crippen LogP contribution is 2.57. The van der Waals surface area contributed by atoms with Crippen LogP contribution in [-0.4, -0.2) is 118 Å². The van der Waals surface area contributed by atoms with Crippen LogP contribution < -0.4 is 0 Å². The summed E-state index contributed by atoms with van der Waals surface area (Å²) >= 11 is 0. The first kappa shape index (κ1) is 98.3. The average molecular weight is 1780 g/mol. The zero-order valence-electron chi connectivity index (χ0n) is 57.4. The number of phenols is 3. The van der Waals surface area contributed by atoms with Gasteiger partial charge in [-0.25, -0.2) is 26.3 Å². The van der Waals surface area contributed by atoms with E-state index in [0.29, 0.717) is 0 Å². The molecule has 0 heterocycles. The molecule has 650 valence electrons. The summed E-state index contributed by atoms with van der Waals surface area (Å²) in [5, 5.41) is 80.8. The molecule has 8 N–H and O–H groups in total. The maximum atomic E-state index is 15.5. The molecule has 0 aromatic heterocycles. The lowest BCUT2D eigenvalue weighted by molar-refractivity contribution is -0.378. The highest BCUT2D eigenvalue weighted by molar-refractivity contribution is 6.85. The second-order valence-electron chi connectivity index (χ2n) is 27.2. The number of halogens is 39. The largest absolute Gasteiger partial charge is 0.503 e. The summed E-state index contributed by atoms with van der Waals surface area (Å²) < 4.78 is 571. The van der Waals surface area contributed by atoms with E-state index in [9.17, 15) is 186 Å². The molecule has 0 aliphatic carbocycles. The molecule has 0 amide bonds. The fourth-order valence-corrected chi connectivity index (χ4v) is 23.2. The van der Waals surface area contributed by atoms with Crippen LogP contribution in [0.2, 0.25) is 42.3 Å². The van der Waals surface area contributed by atoms with E-state index in [4.69, 9.17) is 0 Å². The quantitative estimate of drug-likeness (QED) is 0.0124. The number of rotatable bonds is 31. The molecule has 0 aliphatic heterocycles. The Kier molecular flexibility index (Phi) is 29.0. The lowest BCUT2D eigenvalue weighted by Crippen LogP contribution is -2.56. The van der Waals surface area contributed by atoms with Crippen LogP contribution in [0, 0.1) is 69.8 Å². The minimum Gasteiger partial charge on any atom is -0.503 e. The van der Waals surface area contributed by atoms with Crippen molar-refractivity contribution in [3.05, 3.63) is 168 Å². The van der Waals surface area contributed by atoms with E-state index < -0.39 is 380 Å². The normalized spacial score (nSPS) is 15.2. The molecule has 5 rings (SSSR count). The van der Waals surface area contributed by atoms with Crippen LogP contribution in [0.25, 0.3) is 0 Å². The fraction of sp³-hybridized carbons (Fsp3) is 0.515. The second kappa shape index (κ2) is 33.9. The van der Waals surface area contributed by atoms with Gasteiger partial charge in [0.05, 0.1) is 16.1 Å². The zero-order valence-corrected chi connectivity index (χ0v) is 59.4. The Hall–Kier alpha value is -7.26. The van der Waals surface area contributed by atoms with Crippen molar-refractivity contribution in [3.8, 4) is 17.2 Å². The smallest absolute Gasteiger partial charge is 0.430 e. The highest BCUT2D eigenvalue weighted by atomic mass is 28.3. The molecule has 5 aromatic carbocycles. The maximum absolute atomic E-state index is 15.5. The molecule has 115 heavy (non-hydrogen) atoms. The summed E-state index contributed by atoms with van der Waals surface area (Å²) in [7, 11) is -9.84. The van der Waals surface area contributed by atoms with E-state index in [2.05, 4.69) is 0 Å². The fourth-order valence-electron chi connectivity index (χ4n) is 13.1. The first-order valence-corrected chi connectivity index (χ1v) is 38.0. The molecule has 8 nitrogen and oxygen atoms in total. The third kappa shape index (κ3) is 19.6. The van der Waals surface area contributed by atoms with Gasteiger partial charge in [0.15, 0.2) is 57.8 Å². The molecule has 0 bridgehead atoms. The van der Waals surface area contributed by atoms with Crippen LogP contribution in [0.1, 0.15) is 102 Å². The van der Waals surface area contributed by atoms with Gasteiger partial charge in [0.2, 0.25) is 34.9 Å². The van der Waals surface area contributed by atoms with Crippen molar-refractivity contribution < 1.29 is 212 Å². The summed E-state index contributed by atoms with van der Waals surface area (Å²) in [5.41, 5.74) is -48.2. The Bertz CT molecular complexity index is 4050. The highest BCUT2D eigenvalue weighted by Gasteiger charge is 2.75. The van der Waals surface area contributed by atoms with Crippen molar-refractivity contribution in [2.75, 3.05) is 0 Å². The molecule has 0 fully saturated rings. The Balaban J connectivity index is 1.93. The van der Waals surface area contributed by atoms with Gasteiger partial charge in [-0.3, -0.25) is 0 Å². The van der Waals surface area contributed by atoms with Crippen LogP contribution in [0.3, 0.4) is 0 Å². The molecular weight excluding hydrogens is 1720 g/mol. The first-order chi connectivity index (χ1) is 51.7. The van der Waals surface area contributed by atoms with Crippen molar-refractivity contribution in [2.24, 2.45) is 0 Å². The average Bonchev–Trinajstić information content (AvgIpc) is 0.723. The van der Waals surface area contributed by atoms with Gasteiger partial charge >= 0.3 is 55.6 Å². The molecule has 2 atom stereocenters. The number of aliphatic hydroxyl groups is 5. The summed E-state index contributed by atoms with van der Waals surface area (Å²) in [6.45, 7) is -0.252. The van der Waals surface area contributed by atoms with Crippen LogP contribution in [-0.2, 0) is 54.5 Å². The molecule has 0 saturated heterocycles. The standard InChI is InChI=1S/C66H57F39O8Si2/c1-53(109,58(79,80)81)31-23-29(24-32(27-31)55(111,61(88,89)90)62(91,92)93)9-2-15-114(17-4-11-35-38(67)44(73)50(106)45(74)39(35)68,18-5-12-36-40(69)46(75)51(107)47(76)41(36)70)21-8-22-115(20-7-14-54(110,59(82,83)84)60(85,86)87,19-6-13-37-42(71)48(77)52(108)49(78)43(37)72)16-3-10-30-25-33(56(112,63(94,95)96)64(97,98)99)28-34(26-30)57(113,65(100,101)102)66(103,104)105/h7,20,23-28,106-113H,2-6,8-19,21-22H2,1H3/b20-7+. The van der Waals surface area contributed by atoms with Crippen molar-refractivity contribution in [1.82, 2.24) is 0 Å². The number of aryl methyl sites for hydroxylation is 2. The number of benzene rings is 5. The molecule has 0 radical (unpaired) electrons. The van der Waals surface area contributed by atoms with Gasteiger partial charge in [0.1, 0.15) is 0 Å². The predicted octanol–water partition coefficient (Wildman–Crippen LogP) is 21.3. The van der Waals surface area contributed by atoms with Gasteiger partial charge in [-0.15, -0.1) is 0 Å². The lowest BCUT2D eigenvalue weighted by atomic mass is 9.83. The van der Waals surface area contributed by atoms with Gasteiger partial charge in [-0.1, -0.05) is 117 Å². The molecule has 49 heteroatoms. The van der Waals surface area contributed by atoms with E-state index in [1.165, 1.54) is 0 Å². The molecule has 0 saturated carbocycles. The molecule has 5 aromatic rings. The summed E-state index contributed by atoms with van der Waals surface area (Å²) in [4.78, 5) is 0. The molecule has 2 unspecified atom stereocenters. The topological polar surface area (TPSA) is 162 Å². The minimum atomic E-state index is -7.26. The van der Waals surface area contributed by atoms with Crippen molar-refractivity contribution >= 4 is 16.1 Å². The Morgan fingerprint density at radius 2 is 0.504 bits per heavy atom. The minimum absolute atomic E-state index is 0.0621. The van der Waals surface area contributed by atoms with E-state index in [1.54, 1.807) is 0 Å². The van der Waals surface area contributed by atoms with Gasteiger partial charge in [0.25, 0.3) is 22.4 Å². The summed E-state index contributed by atoms with van der Waals surface area (Å²) in [6.07, 6.45) is -80.1. The first-order valence-electron chi connectivity index (χ1n) is 32.5. The van der Waals surface area contributed by atoms with E-state index in [1.807, 2.05) is 0 Å². The number of hydrogen-bond acceptors (Lipinski definition) is 8. The number of hydrogen-bond donors (Lipinski definition) is 8. The second-order valence-corrected chi connectivity index (χ2v) is 36.8. The lowest BCUT2D eigenvalue weighted by Gasteiger charge is -2.36. The van der Waals surface area contributed by atoms with Crippen LogP contribution in [0.5, 0.6) is 17.2 Å². The van der Waals surface area contributed by atoms with Crippen molar-refractivity contribution in [2.45, 2.75) is 210 Å². The van der Waals surface area contributed by atoms with Crippen molar-refractivity contribution in [3.63, 3.8) is 0 Å². The SMILES string of the molecule is CC(O)(c1cc(CCC[Si](CCCc2c(F)c(F)c(O)c(F)c2F)(CCCc2c(F)c(F)c(O)c(F)c2F)CCC[Si](/C=C/CC(O)(C(F)(F)F)C(F)(F)F)(CCCc2cc(C(O)(C(F)(F)F)C(F)(F)F)cc(C(O)(C(F)(F)F)C(F)(F)F)c2)CCCc2c(F)c(F)c(O)c(F)c2F)cc(C(O)(C(F)(F)F)C(F)(F)F)c1)C(F)(F)F. The van der Waals surface area contributed by atoms with E-state index >= 15 is 26.3 Å². The van der Waals surface area contributed by atoms with Gasteiger partial charge in [-0.05, 0) is 67.9 Å². The Morgan fingerprint density at radius 1 is 0.278 bits per heavy atom. The van der Waals surface area contributed by atoms with Crippen LogP contribution in [0.4, 0.5) is 171 Å². The van der Waals surface area contributed by atoms with E-state index in [0.717, 1.165) is 0 Å². The number of phenolic OH excluding ortho intramolecular Hbond substituents is 3. The van der Waals surface area contributed by atoms with Gasteiger partial charge in [0, 0.05) is 39.8 Å². The third-order valence-electron chi connectivity index (χ3n) is 19.7. The monoisotopic (exact) mass is 1770 g/mol. The number of aromatic hydroxyl groups is 3. The van der Waals surface area contributed by atoms with Gasteiger partial charge in [-0.2, -0.15) is 145 Å². The maximum Gasteiger partial charge on any atom is 0.430 e. The predicted molar refractivity (Wildman–Crippen MR) is 323 cm³/mol. The Labute approximate surface area is 622 Å². The van der Waals surface area contributed by atoms with E-state index in [-0.39, 0.29) is 30.8 Å². The third-order valence-corrected chi connectivity index (χ3v) is 30.3. The molecule has 0 spiro atoms. The molecule has 0 aliphatic rings. The number of alkyl halides is 27. The zero-order chi connectivity index (χ0) is 88.9.